The molecule has 1 aromatic carbocycles. The minimum absolute atomic E-state index is 0.0490. The monoisotopic (exact) mass is 289 g/mol. The van der Waals surface area contributed by atoms with Crippen molar-refractivity contribution in [3.8, 4) is 0 Å². The molecule has 0 bridgehead atoms. The maximum atomic E-state index is 12.0. The van der Waals surface area contributed by atoms with Crippen LogP contribution in [0.5, 0.6) is 0 Å². The molecule has 0 amide bonds. The van der Waals surface area contributed by atoms with E-state index in [1.807, 2.05) is 0 Å². The van der Waals surface area contributed by atoms with Crippen LogP contribution in [0.3, 0.4) is 0 Å². The molecular weight excluding hydrogens is 273 g/mol. The summed E-state index contributed by atoms with van der Waals surface area (Å²) >= 11 is 0. The predicted octanol–water partition coefficient (Wildman–Crippen LogP) is 2.50. The normalized spacial score (nSPS) is 14.9. The van der Waals surface area contributed by atoms with Crippen molar-refractivity contribution >= 4 is 13.3 Å². The highest BCUT2D eigenvalue weighted by molar-refractivity contribution is 7.54. The molecule has 0 saturated carbocycles. The van der Waals surface area contributed by atoms with E-state index in [2.05, 4.69) is 0 Å². The molecule has 0 heterocycles. The van der Waals surface area contributed by atoms with Crippen LogP contribution in [0.15, 0.2) is 24.3 Å². The molecular formula is C11H16NO6P. The first-order valence-corrected chi connectivity index (χ1v) is 7.10. The summed E-state index contributed by atoms with van der Waals surface area (Å²) in [4.78, 5) is 10.0. The van der Waals surface area contributed by atoms with E-state index in [-0.39, 0.29) is 5.69 Å². The fourth-order valence-corrected chi connectivity index (χ4v) is 2.94. The van der Waals surface area contributed by atoms with Crippen molar-refractivity contribution in [1.82, 2.24) is 0 Å². The van der Waals surface area contributed by atoms with Crippen LogP contribution in [0.25, 0.3) is 0 Å². The summed E-state index contributed by atoms with van der Waals surface area (Å²) in [6.45, 7) is 1.64. The van der Waals surface area contributed by atoms with Gasteiger partial charge in [0.05, 0.1) is 4.92 Å². The number of hydrogen-bond acceptors (Lipinski definition) is 6. The quantitative estimate of drug-likeness (QED) is 0.490. The first-order valence-electron chi connectivity index (χ1n) is 5.49. The summed E-state index contributed by atoms with van der Waals surface area (Å²) in [6.07, 6.45) is 0. The smallest absolute Gasteiger partial charge is 0.358 e. The highest BCUT2D eigenvalue weighted by Gasteiger charge is 2.37. The maximum absolute atomic E-state index is 12.0. The molecule has 0 aromatic heterocycles. The molecule has 1 rings (SSSR count). The third-order valence-electron chi connectivity index (χ3n) is 2.91. The minimum Gasteiger partial charge on any atom is -0.380 e. The summed E-state index contributed by atoms with van der Waals surface area (Å²) in [5.74, 6) is -1.89. The van der Waals surface area contributed by atoms with Crippen LogP contribution in [-0.4, -0.2) is 30.1 Å². The van der Waals surface area contributed by atoms with Crippen LogP contribution in [0.1, 0.15) is 18.4 Å². The molecule has 0 saturated heterocycles. The number of rotatable bonds is 6. The minimum atomic E-state index is -3.60. The van der Waals surface area contributed by atoms with Gasteiger partial charge < -0.3 is 14.2 Å². The lowest BCUT2D eigenvalue weighted by atomic mass is 10.0. The summed E-state index contributed by atoms with van der Waals surface area (Å²) in [5.41, 5.74) is 0.555. The van der Waals surface area contributed by atoms with Crippen molar-refractivity contribution in [2.75, 3.05) is 14.2 Å². The zero-order chi connectivity index (χ0) is 14.6. The zero-order valence-electron chi connectivity index (χ0n) is 10.8. The SMILES string of the molecule is COP(=O)(OC)C(O)C(C)c1ccc([N+](=O)[O-])cc1. The van der Waals surface area contributed by atoms with Gasteiger partial charge in [-0.25, -0.2) is 0 Å². The number of nitro benzene ring substituents is 1. The second-order valence-corrected chi connectivity index (χ2v) is 6.29. The Morgan fingerprint density at radius 3 is 2.11 bits per heavy atom. The Morgan fingerprint density at radius 1 is 1.26 bits per heavy atom. The van der Waals surface area contributed by atoms with Crippen LogP contribution in [0.2, 0.25) is 0 Å². The lowest BCUT2D eigenvalue weighted by Gasteiger charge is -2.25. The molecule has 0 fully saturated rings. The van der Waals surface area contributed by atoms with E-state index < -0.39 is 24.3 Å². The van der Waals surface area contributed by atoms with Crippen LogP contribution in [0, 0.1) is 10.1 Å². The molecule has 2 unspecified atom stereocenters. The van der Waals surface area contributed by atoms with Gasteiger partial charge in [0.15, 0.2) is 5.85 Å². The molecule has 7 nitrogen and oxygen atoms in total. The molecule has 1 aromatic rings. The van der Waals surface area contributed by atoms with Gasteiger partial charge in [-0.1, -0.05) is 19.1 Å². The number of hydrogen-bond donors (Lipinski definition) is 1. The summed E-state index contributed by atoms with van der Waals surface area (Å²) < 4.78 is 21.5. The summed E-state index contributed by atoms with van der Waals surface area (Å²) in [6, 6.07) is 5.65. The van der Waals surface area contributed by atoms with E-state index in [1.165, 1.54) is 38.5 Å². The van der Waals surface area contributed by atoms with Crippen LogP contribution in [0.4, 0.5) is 5.69 Å². The molecule has 1 N–H and O–H groups in total. The Morgan fingerprint density at radius 2 is 1.74 bits per heavy atom. The molecule has 0 aliphatic heterocycles. The second kappa shape index (κ2) is 6.25. The van der Waals surface area contributed by atoms with Gasteiger partial charge in [0.2, 0.25) is 0 Å². The lowest BCUT2D eigenvalue weighted by molar-refractivity contribution is -0.384. The number of aliphatic hydroxyl groups is 1. The van der Waals surface area contributed by atoms with Crippen LogP contribution < -0.4 is 0 Å². The maximum Gasteiger partial charge on any atom is 0.358 e. The Balaban J connectivity index is 2.97. The number of nitrogens with zero attached hydrogens (tertiary/aromatic N) is 1. The predicted molar refractivity (Wildman–Crippen MR) is 69.1 cm³/mol. The van der Waals surface area contributed by atoms with Gasteiger partial charge in [-0.3, -0.25) is 14.7 Å². The van der Waals surface area contributed by atoms with Gasteiger partial charge in [-0.15, -0.1) is 0 Å². The van der Waals surface area contributed by atoms with Crippen LogP contribution in [-0.2, 0) is 13.6 Å². The van der Waals surface area contributed by atoms with Gasteiger partial charge in [-0.05, 0) is 5.56 Å². The van der Waals surface area contributed by atoms with Crippen molar-refractivity contribution in [3.05, 3.63) is 39.9 Å². The second-order valence-electron chi connectivity index (χ2n) is 3.96. The van der Waals surface area contributed by atoms with E-state index in [0.717, 1.165) is 0 Å². The average molecular weight is 289 g/mol. The van der Waals surface area contributed by atoms with Gasteiger partial charge in [-0.2, -0.15) is 0 Å². The molecule has 0 aliphatic rings. The largest absolute Gasteiger partial charge is 0.380 e. The number of benzene rings is 1. The average Bonchev–Trinajstić information content (AvgIpc) is 2.44. The molecule has 19 heavy (non-hydrogen) atoms. The van der Waals surface area contributed by atoms with Gasteiger partial charge in [0.1, 0.15) is 0 Å². The Kier molecular flexibility index (Phi) is 5.20. The van der Waals surface area contributed by atoms with E-state index in [9.17, 15) is 19.8 Å². The molecule has 106 valence electrons. The van der Waals surface area contributed by atoms with Crippen molar-refractivity contribution in [2.45, 2.75) is 18.7 Å². The molecule has 8 heteroatoms. The van der Waals surface area contributed by atoms with E-state index in [0.29, 0.717) is 5.56 Å². The highest BCUT2D eigenvalue weighted by atomic mass is 31.2. The van der Waals surface area contributed by atoms with Crippen molar-refractivity contribution in [2.24, 2.45) is 0 Å². The Hall–Kier alpha value is -1.27. The van der Waals surface area contributed by atoms with Gasteiger partial charge in [0.25, 0.3) is 5.69 Å². The first-order chi connectivity index (χ1) is 8.85. The van der Waals surface area contributed by atoms with Crippen LogP contribution >= 0.6 is 7.60 Å². The van der Waals surface area contributed by atoms with E-state index in [4.69, 9.17) is 9.05 Å². The fraction of sp³-hybridized carbons (Fsp3) is 0.455. The topological polar surface area (TPSA) is 98.9 Å². The summed E-state index contributed by atoms with van der Waals surface area (Å²) in [7, 11) is -1.22. The standard InChI is InChI=1S/C11H16NO6P/c1-8(11(13)19(16,17-2)18-3)9-4-6-10(7-5-9)12(14)15/h4-8,11,13H,1-3H3. The Bertz CT molecular complexity index is 480. The number of non-ortho nitro benzene ring substituents is 1. The number of aliphatic hydroxyl groups excluding tert-OH is 1. The molecule has 0 aliphatic carbocycles. The molecule has 0 radical (unpaired) electrons. The fourth-order valence-electron chi connectivity index (χ4n) is 1.64. The van der Waals surface area contributed by atoms with Crippen molar-refractivity contribution in [1.29, 1.82) is 0 Å². The number of nitro groups is 1. The first kappa shape index (κ1) is 15.8. The van der Waals surface area contributed by atoms with Gasteiger partial charge in [0, 0.05) is 32.3 Å². The Labute approximate surface area is 110 Å². The van der Waals surface area contributed by atoms with E-state index in [1.54, 1.807) is 6.92 Å². The lowest BCUT2D eigenvalue weighted by Crippen LogP contribution is -2.18. The molecule has 0 spiro atoms. The highest BCUT2D eigenvalue weighted by Crippen LogP contribution is 2.54. The zero-order valence-corrected chi connectivity index (χ0v) is 11.7. The van der Waals surface area contributed by atoms with E-state index >= 15 is 0 Å². The van der Waals surface area contributed by atoms with Crippen molar-refractivity contribution in [3.63, 3.8) is 0 Å². The third-order valence-corrected chi connectivity index (χ3v) is 5.02. The van der Waals surface area contributed by atoms with Crippen molar-refractivity contribution < 1.29 is 23.6 Å². The molecule has 2 atom stereocenters. The van der Waals surface area contributed by atoms with Gasteiger partial charge >= 0.3 is 7.60 Å². The third kappa shape index (κ3) is 3.39. The summed E-state index contributed by atoms with van der Waals surface area (Å²) in [5, 5.41) is 20.6.